The van der Waals surface area contributed by atoms with Gasteiger partial charge in [0, 0.05) is 25.2 Å². The molecule has 2 fully saturated rings. The van der Waals surface area contributed by atoms with Gasteiger partial charge in [-0.25, -0.2) is 8.42 Å². The minimum Gasteiger partial charge on any atom is -0.310 e. The molecule has 1 N–H and O–H groups in total. The minimum absolute atomic E-state index is 0.120. The van der Waals surface area contributed by atoms with Crippen LogP contribution in [0.25, 0.3) is 0 Å². The van der Waals surface area contributed by atoms with Gasteiger partial charge in [0.25, 0.3) is 0 Å². The zero-order valence-corrected chi connectivity index (χ0v) is 13.4. The first-order chi connectivity index (χ1) is 10.0. The van der Waals surface area contributed by atoms with Gasteiger partial charge in [0.2, 0.25) is 10.0 Å². The number of sulfonamides is 1. The van der Waals surface area contributed by atoms with Crippen LogP contribution in [-0.2, 0) is 22.3 Å². The number of hydrogen-bond acceptors (Lipinski definition) is 3. The molecular weight excluding hydrogens is 284 g/mol. The molecule has 0 bridgehead atoms. The monoisotopic (exact) mass is 308 g/mol. The van der Waals surface area contributed by atoms with Crippen LogP contribution in [0.4, 0.5) is 0 Å². The molecule has 1 saturated carbocycles. The van der Waals surface area contributed by atoms with E-state index >= 15 is 0 Å². The summed E-state index contributed by atoms with van der Waals surface area (Å²) >= 11 is 0. The van der Waals surface area contributed by atoms with E-state index in [4.69, 9.17) is 0 Å². The lowest BCUT2D eigenvalue weighted by molar-refractivity contribution is 0.407. The molecular formula is C16H24N2O2S. The Bertz CT molecular complexity index is 596. The molecule has 1 heterocycles. The van der Waals surface area contributed by atoms with Crippen LogP contribution in [0.15, 0.2) is 24.3 Å². The predicted octanol–water partition coefficient (Wildman–Crippen LogP) is 2.25. The van der Waals surface area contributed by atoms with E-state index < -0.39 is 10.0 Å². The lowest BCUT2D eigenvalue weighted by Gasteiger charge is -2.21. The van der Waals surface area contributed by atoms with Crippen molar-refractivity contribution in [3.63, 3.8) is 0 Å². The van der Waals surface area contributed by atoms with Gasteiger partial charge >= 0.3 is 0 Å². The third-order valence-electron chi connectivity index (χ3n) is 4.36. The van der Waals surface area contributed by atoms with E-state index in [1.165, 1.54) is 18.4 Å². The van der Waals surface area contributed by atoms with Crippen LogP contribution in [0, 0.1) is 0 Å². The third kappa shape index (κ3) is 3.84. The summed E-state index contributed by atoms with van der Waals surface area (Å²) in [5.41, 5.74) is 2.06. The van der Waals surface area contributed by atoms with E-state index in [1.807, 2.05) is 25.1 Å². The number of benzene rings is 1. The fourth-order valence-corrected chi connectivity index (χ4v) is 4.82. The summed E-state index contributed by atoms with van der Waals surface area (Å²) in [5, 5.41) is 3.47. The third-order valence-corrected chi connectivity index (χ3v) is 6.32. The first kappa shape index (κ1) is 15.0. The molecule has 21 heavy (non-hydrogen) atoms. The van der Waals surface area contributed by atoms with Crippen LogP contribution in [0.5, 0.6) is 0 Å². The standard InChI is InChI=1S/C16H24N2O2S/c1-13-4-3-9-18(13)21(19,20)12-15-6-2-5-14(10-15)11-17-16-7-8-16/h2,5-6,10,13,16-17H,3-4,7-9,11-12H2,1H3. The highest BCUT2D eigenvalue weighted by Crippen LogP contribution is 2.23. The second-order valence-corrected chi connectivity index (χ2v) is 8.25. The Morgan fingerprint density at radius 3 is 2.67 bits per heavy atom. The first-order valence-corrected chi connectivity index (χ1v) is 9.46. The number of rotatable bonds is 6. The SMILES string of the molecule is CC1CCCN1S(=O)(=O)Cc1cccc(CNC2CC2)c1. The van der Waals surface area contributed by atoms with E-state index in [0.29, 0.717) is 12.6 Å². The van der Waals surface area contributed by atoms with Crippen LogP contribution in [-0.4, -0.2) is 31.4 Å². The van der Waals surface area contributed by atoms with Crippen molar-refractivity contribution in [1.82, 2.24) is 9.62 Å². The van der Waals surface area contributed by atoms with Gasteiger partial charge < -0.3 is 5.32 Å². The maximum atomic E-state index is 12.5. The van der Waals surface area contributed by atoms with Crippen molar-refractivity contribution >= 4 is 10.0 Å². The maximum absolute atomic E-state index is 12.5. The van der Waals surface area contributed by atoms with Crippen LogP contribution < -0.4 is 5.32 Å². The summed E-state index contributed by atoms with van der Waals surface area (Å²) in [6, 6.07) is 8.77. The van der Waals surface area contributed by atoms with E-state index in [9.17, 15) is 8.42 Å². The summed E-state index contributed by atoms with van der Waals surface area (Å²) in [4.78, 5) is 0. The molecule has 1 atom stereocenters. The van der Waals surface area contributed by atoms with Gasteiger partial charge in [-0.2, -0.15) is 4.31 Å². The number of hydrogen-bond donors (Lipinski definition) is 1. The molecule has 1 saturated heterocycles. The highest BCUT2D eigenvalue weighted by atomic mass is 32.2. The summed E-state index contributed by atoms with van der Waals surface area (Å²) in [7, 11) is -3.19. The predicted molar refractivity (Wildman–Crippen MR) is 84.3 cm³/mol. The zero-order valence-electron chi connectivity index (χ0n) is 12.6. The fraction of sp³-hybridized carbons (Fsp3) is 0.625. The van der Waals surface area contributed by atoms with E-state index in [1.54, 1.807) is 4.31 Å². The van der Waals surface area contributed by atoms with Gasteiger partial charge in [-0.3, -0.25) is 0 Å². The highest BCUT2D eigenvalue weighted by molar-refractivity contribution is 7.88. The van der Waals surface area contributed by atoms with Gasteiger partial charge in [-0.1, -0.05) is 24.3 Å². The van der Waals surface area contributed by atoms with E-state index in [2.05, 4.69) is 11.4 Å². The van der Waals surface area contributed by atoms with Crippen molar-refractivity contribution < 1.29 is 8.42 Å². The van der Waals surface area contributed by atoms with E-state index in [-0.39, 0.29) is 11.8 Å². The summed E-state index contributed by atoms with van der Waals surface area (Å²) < 4.78 is 26.7. The average Bonchev–Trinajstić information content (AvgIpc) is 3.16. The van der Waals surface area contributed by atoms with Crippen LogP contribution in [0.3, 0.4) is 0 Å². The molecule has 0 radical (unpaired) electrons. The largest absolute Gasteiger partial charge is 0.310 e. The molecule has 2 aliphatic rings. The molecule has 1 unspecified atom stereocenters. The molecule has 1 aromatic carbocycles. The molecule has 1 aromatic rings. The average molecular weight is 308 g/mol. The molecule has 4 nitrogen and oxygen atoms in total. The molecule has 116 valence electrons. The molecule has 0 amide bonds. The van der Waals surface area contributed by atoms with Gasteiger partial charge in [0.15, 0.2) is 0 Å². The lowest BCUT2D eigenvalue weighted by atomic mass is 10.1. The van der Waals surface area contributed by atoms with Gasteiger partial charge in [-0.05, 0) is 43.7 Å². The smallest absolute Gasteiger partial charge is 0.218 e. The normalized spacial score (nSPS) is 23.6. The van der Waals surface area contributed by atoms with Crippen LogP contribution in [0.1, 0.15) is 43.7 Å². The maximum Gasteiger partial charge on any atom is 0.218 e. The summed E-state index contributed by atoms with van der Waals surface area (Å²) in [5.74, 6) is 0.120. The van der Waals surface area contributed by atoms with Gasteiger partial charge in [-0.15, -0.1) is 0 Å². The second kappa shape index (κ2) is 6.07. The highest BCUT2D eigenvalue weighted by Gasteiger charge is 2.31. The summed E-state index contributed by atoms with van der Waals surface area (Å²) in [6.45, 7) is 3.51. The van der Waals surface area contributed by atoms with Crippen LogP contribution >= 0.6 is 0 Å². The Hall–Kier alpha value is -0.910. The number of nitrogens with zero attached hydrogens (tertiary/aromatic N) is 1. The van der Waals surface area contributed by atoms with E-state index in [0.717, 1.165) is 24.9 Å². The van der Waals surface area contributed by atoms with Crippen molar-refractivity contribution in [3.8, 4) is 0 Å². The lowest BCUT2D eigenvalue weighted by Crippen LogP contribution is -2.34. The Morgan fingerprint density at radius 2 is 2.00 bits per heavy atom. The molecule has 5 heteroatoms. The van der Waals surface area contributed by atoms with Gasteiger partial charge in [0.1, 0.15) is 0 Å². The van der Waals surface area contributed by atoms with Crippen molar-refractivity contribution in [3.05, 3.63) is 35.4 Å². The Balaban J connectivity index is 1.67. The molecule has 1 aliphatic carbocycles. The van der Waals surface area contributed by atoms with Crippen molar-refractivity contribution in [2.75, 3.05) is 6.54 Å². The van der Waals surface area contributed by atoms with Crippen molar-refractivity contribution in [2.45, 2.75) is 57.0 Å². The van der Waals surface area contributed by atoms with Crippen molar-refractivity contribution in [2.24, 2.45) is 0 Å². The summed E-state index contributed by atoms with van der Waals surface area (Å²) in [6.07, 6.45) is 4.48. The quantitative estimate of drug-likeness (QED) is 0.877. The topological polar surface area (TPSA) is 49.4 Å². The minimum atomic E-state index is -3.19. The van der Waals surface area contributed by atoms with Crippen molar-refractivity contribution in [1.29, 1.82) is 0 Å². The molecule has 1 aliphatic heterocycles. The Morgan fingerprint density at radius 1 is 1.24 bits per heavy atom. The molecule has 0 aromatic heterocycles. The molecule has 0 spiro atoms. The zero-order chi connectivity index (χ0) is 14.9. The fourth-order valence-electron chi connectivity index (χ4n) is 2.99. The Labute approximate surface area is 127 Å². The number of nitrogens with one attached hydrogen (secondary N) is 1. The van der Waals surface area contributed by atoms with Gasteiger partial charge in [0.05, 0.1) is 5.75 Å². The first-order valence-electron chi connectivity index (χ1n) is 7.85. The molecule has 3 rings (SSSR count). The Kier molecular flexibility index (Phi) is 4.33. The van der Waals surface area contributed by atoms with Crippen LogP contribution in [0.2, 0.25) is 0 Å². The second-order valence-electron chi connectivity index (χ2n) is 6.33.